The molecule has 0 aromatic heterocycles. The van der Waals surface area contributed by atoms with Gasteiger partial charge in [0.2, 0.25) is 10.0 Å². The lowest BCUT2D eigenvalue weighted by Gasteiger charge is -2.33. The normalized spacial score (nSPS) is 21.0. The van der Waals surface area contributed by atoms with Gasteiger partial charge in [-0.2, -0.15) is 0 Å². The lowest BCUT2D eigenvalue weighted by Crippen LogP contribution is -2.39. The molecule has 43 heavy (non-hydrogen) atoms. The van der Waals surface area contributed by atoms with Crippen LogP contribution in [0.5, 0.6) is 0 Å². The molecule has 0 amide bonds. The Hall–Kier alpha value is -1.69. The first-order valence-electron chi connectivity index (χ1n) is 15.9. The zero-order valence-electron chi connectivity index (χ0n) is 26.8. The van der Waals surface area contributed by atoms with E-state index < -0.39 is 17.9 Å². The third-order valence-electron chi connectivity index (χ3n) is 8.97. The molecule has 7 heteroatoms. The van der Waals surface area contributed by atoms with Crippen LogP contribution in [0.25, 0.3) is 0 Å². The Kier molecular flexibility index (Phi) is 10.2. The summed E-state index contributed by atoms with van der Waals surface area (Å²) in [6.07, 6.45) is 2.41. The smallest absolute Gasteiger partial charge is 0.241 e. The number of fused-ring (bicyclic) bond motifs is 1. The largest absolute Gasteiger partial charge is 0.313 e. The van der Waals surface area contributed by atoms with E-state index in [1.165, 1.54) is 22.6 Å². The van der Waals surface area contributed by atoms with Crippen LogP contribution in [0.1, 0.15) is 95.8 Å². The number of hydrogen-bond donors (Lipinski definition) is 2. The van der Waals surface area contributed by atoms with Crippen LogP contribution in [0.4, 0.5) is 0 Å². The van der Waals surface area contributed by atoms with Crippen LogP contribution >= 0.6 is 19.7 Å². The Labute approximate surface area is 266 Å². The van der Waals surface area contributed by atoms with Gasteiger partial charge in [-0.05, 0) is 72.7 Å². The average molecular weight is 637 g/mol. The van der Waals surface area contributed by atoms with Gasteiger partial charge >= 0.3 is 0 Å². The molecule has 0 radical (unpaired) electrons. The minimum atomic E-state index is -3.66. The highest BCUT2D eigenvalue weighted by Crippen LogP contribution is 2.80. The molecule has 3 aromatic rings. The van der Waals surface area contributed by atoms with Gasteiger partial charge in [0.15, 0.2) is 0 Å². The van der Waals surface area contributed by atoms with Gasteiger partial charge in [-0.25, -0.2) is 13.1 Å². The Morgan fingerprint density at radius 3 is 1.72 bits per heavy atom. The average Bonchev–Trinajstić information content (AvgIpc) is 3.87. The molecule has 1 aliphatic heterocycles. The molecule has 0 bridgehead atoms. The van der Waals surface area contributed by atoms with Crippen molar-refractivity contribution in [3.8, 4) is 0 Å². The van der Waals surface area contributed by atoms with E-state index in [1.54, 1.807) is 0 Å². The summed E-state index contributed by atoms with van der Waals surface area (Å²) in [5.41, 5.74) is 3.63. The fourth-order valence-corrected chi connectivity index (χ4v) is 13.1. The van der Waals surface area contributed by atoms with Gasteiger partial charge in [-0.3, -0.25) is 0 Å². The number of rotatable bonds is 15. The van der Waals surface area contributed by atoms with E-state index in [0.29, 0.717) is 34.3 Å². The van der Waals surface area contributed by atoms with Crippen LogP contribution in [0.2, 0.25) is 0 Å². The molecule has 1 heterocycles. The van der Waals surface area contributed by atoms with Gasteiger partial charge in [-0.1, -0.05) is 114 Å². The maximum Gasteiger partial charge on any atom is 0.241 e. The topological polar surface area (TPSA) is 58.2 Å². The quantitative estimate of drug-likeness (QED) is 0.103. The molecule has 232 valence electrons. The summed E-state index contributed by atoms with van der Waals surface area (Å²) in [7, 11) is -4.16. The van der Waals surface area contributed by atoms with Crippen molar-refractivity contribution < 1.29 is 8.42 Å². The highest BCUT2D eigenvalue weighted by atomic mass is 32.2. The minimum absolute atomic E-state index is 0.118. The molecule has 1 saturated heterocycles. The van der Waals surface area contributed by atoms with Gasteiger partial charge in [0.1, 0.15) is 0 Å². The number of nitrogens with one attached hydrogen (secondary N) is 2. The molecular weight excluding hydrogens is 588 g/mol. The predicted molar refractivity (Wildman–Crippen MR) is 188 cm³/mol. The van der Waals surface area contributed by atoms with Crippen LogP contribution < -0.4 is 20.6 Å². The lowest BCUT2D eigenvalue weighted by molar-refractivity contribution is 0.499. The van der Waals surface area contributed by atoms with Gasteiger partial charge < -0.3 is 5.32 Å². The summed E-state index contributed by atoms with van der Waals surface area (Å²) in [4.78, 5) is 0.482. The van der Waals surface area contributed by atoms with E-state index in [4.69, 9.17) is 0 Å². The molecule has 2 unspecified atom stereocenters. The molecule has 2 fully saturated rings. The maximum absolute atomic E-state index is 13.8. The highest BCUT2D eigenvalue weighted by Gasteiger charge is 2.75. The molecule has 3 aromatic carbocycles. The summed E-state index contributed by atoms with van der Waals surface area (Å²) in [6, 6.07) is 26.6. The second-order valence-electron chi connectivity index (χ2n) is 13.3. The van der Waals surface area contributed by atoms with Crippen molar-refractivity contribution in [3.63, 3.8) is 0 Å². The summed E-state index contributed by atoms with van der Waals surface area (Å²) in [5, 5.41) is 7.41. The SMILES string of the molecule is CC(C)c1cc(C(C)C)c(S(=O)(=O)NCCN[C@H](C)C[C@@H](P(c2ccccc2)c2ccccc2)C23CC2S3)c(C(C)C)c1. The molecule has 2 N–H and O–H groups in total. The molecular formula is C36H49N2O2PS2. The fraction of sp³-hybridized carbons (Fsp3) is 0.500. The number of hydrogen-bond acceptors (Lipinski definition) is 4. The summed E-state index contributed by atoms with van der Waals surface area (Å²) >= 11 is 2.17. The van der Waals surface area contributed by atoms with E-state index in [2.05, 4.69) is 143 Å². The Bertz CT molecular complexity index is 1420. The number of benzene rings is 3. The maximum atomic E-state index is 13.8. The Balaban J connectivity index is 1.28. The highest BCUT2D eigenvalue weighted by molar-refractivity contribution is 8.11. The standard InChI is InChI=1S/C36H49N2O2PS2/c1-24(2)28-21-31(25(3)4)35(32(22-28)26(5)6)43(39,40)38-19-18-37-27(7)20-33(36-23-34(36)42-36)41(29-14-10-8-11-15-29)30-16-12-9-13-17-30/h8-17,21-22,24-27,33-34,37-38H,18-20,23H2,1-7H3/t27-,33-,34?,36?/m1/s1. The van der Waals surface area contributed by atoms with Gasteiger partial charge in [0.05, 0.1) is 4.90 Å². The number of thioether (sulfide) groups is 1. The molecule has 1 saturated carbocycles. The molecule has 5 rings (SSSR count). The van der Waals surface area contributed by atoms with E-state index in [0.717, 1.165) is 22.8 Å². The van der Waals surface area contributed by atoms with Gasteiger partial charge in [0.25, 0.3) is 0 Å². The summed E-state index contributed by atoms with van der Waals surface area (Å²) in [6.45, 7) is 15.9. The first-order valence-corrected chi connectivity index (χ1v) is 19.7. The van der Waals surface area contributed by atoms with E-state index in [9.17, 15) is 8.42 Å². The van der Waals surface area contributed by atoms with Crippen LogP contribution in [0, 0.1) is 0 Å². The molecule has 0 spiro atoms. The predicted octanol–water partition coefficient (Wildman–Crippen LogP) is 7.46. The Morgan fingerprint density at radius 1 is 0.814 bits per heavy atom. The fourth-order valence-electron chi connectivity index (χ4n) is 6.29. The van der Waals surface area contributed by atoms with E-state index in [1.807, 2.05) is 0 Å². The van der Waals surface area contributed by atoms with Crippen molar-refractivity contribution >= 4 is 40.3 Å². The molecule has 4 nitrogen and oxygen atoms in total. The Morgan fingerprint density at radius 2 is 1.30 bits per heavy atom. The van der Waals surface area contributed by atoms with Gasteiger partial charge in [-0.15, -0.1) is 11.8 Å². The van der Waals surface area contributed by atoms with Crippen molar-refractivity contribution in [2.45, 2.75) is 106 Å². The van der Waals surface area contributed by atoms with Crippen molar-refractivity contribution in [2.75, 3.05) is 13.1 Å². The zero-order chi connectivity index (χ0) is 30.9. The zero-order valence-corrected chi connectivity index (χ0v) is 29.3. The third-order valence-corrected chi connectivity index (χ3v) is 15.5. The van der Waals surface area contributed by atoms with Crippen molar-refractivity contribution in [1.29, 1.82) is 0 Å². The van der Waals surface area contributed by atoms with Gasteiger partial charge in [0, 0.05) is 34.8 Å². The monoisotopic (exact) mass is 636 g/mol. The van der Waals surface area contributed by atoms with Crippen LogP contribution in [0.15, 0.2) is 77.7 Å². The second kappa shape index (κ2) is 13.3. The summed E-state index contributed by atoms with van der Waals surface area (Å²) in [5.74, 6) is 0.583. The van der Waals surface area contributed by atoms with Crippen molar-refractivity contribution in [3.05, 3.63) is 89.5 Å². The van der Waals surface area contributed by atoms with Crippen molar-refractivity contribution in [1.82, 2.24) is 10.0 Å². The van der Waals surface area contributed by atoms with E-state index in [-0.39, 0.29) is 17.9 Å². The summed E-state index contributed by atoms with van der Waals surface area (Å²) < 4.78 is 31.0. The number of sulfonamides is 1. The van der Waals surface area contributed by atoms with E-state index >= 15 is 0 Å². The second-order valence-corrected chi connectivity index (χ2v) is 19.0. The van der Waals surface area contributed by atoms with Crippen LogP contribution in [0.3, 0.4) is 0 Å². The lowest BCUT2D eigenvalue weighted by atomic mass is 9.89. The first-order chi connectivity index (χ1) is 20.4. The first kappa shape index (κ1) is 32.7. The van der Waals surface area contributed by atoms with Crippen LogP contribution in [-0.2, 0) is 10.0 Å². The third kappa shape index (κ3) is 7.25. The molecule has 1 aliphatic carbocycles. The molecule has 2 aliphatic rings. The minimum Gasteiger partial charge on any atom is -0.313 e. The van der Waals surface area contributed by atoms with Crippen molar-refractivity contribution in [2.24, 2.45) is 0 Å². The van der Waals surface area contributed by atoms with Crippen LogP contribution in [-0.4, -0.2) is 43.2 Å². The molecule has 4 atom stereocenters.